The van der Waals surface area contributed by atoms with E-state index in [0.717, 1.165) is 0 Å². The van der Waals surface area contributed by atoms with Crippen LogP contribution in [0.5, 0.6) is 0 Å². The molecular weight excluding hydrogens is 369 g/mol. The monoisotopic (exact) mass is 386 g/mol. The van der Waals surface area contributed by atoms with Crippen molar-refractivity contribution in [1.82, 2.24) is 0 Å². The summed E-state index contributed by atoms with van der Waals surface area (Å²) >= 11 is 0. The van der Waals surface area contributed by atoms with Crippen molar-refractivity contribution in [3.63, 3.8) is 0 Å². The quantitative estimate of drug-likeness (QED) is 0.522. The first-order valence-corrected chi connectivity index (χ1v) is 7.12. The van der Waals surface area contributed by atoms with Crippen molar-refractivity contribution in [2.75, 3.05) is 0 Å². The second-order valence-electron chi connectivity index (χ2n) is 5.32. The average molecular weight is 388 g/mol. The largest absolute Gasteiger partial charge is 4.00 e. The zero-order valence-electron chi connectivity index (χ0n) is 13.2. The van der Waals surface area contributed by atoms with Crippen LogP contribution in [0.2, 0.25) is 0 Å². The van der Waals surface area contributed by atoms with Gasteiger partial charge in [0.05, 0.1) is 0 Å². The molecular formula is C20H18F2Zr. The molecule has 2 aliphatic rings. The van der Waals surface area contributed by atoms with Crippen LogP contribution in [0.25, 0.3) is 12.2 Å². The van der Waals surface area contributed by atoms with Gasteiger partial charge in [-0.25, -0.2) is 12.2 Å². The van der Waals surface area contributed by atoms with Crippen LogP contribution in [0.15, 0.2) is 48.5 Å². The van der Waals surface area contributed by atoms with E-state index in [2.05, 4.69) is 86.7 Å². The standard InChI is InChI=1S/2C10H9.2FH.Zr/c2*1-8-6-7-9-4-2-3-5-10(8)9;;;/h2*2-5,7-8H,1H3;2*1H;/q2*-1;;;+4/p-2. The summed E-state index contributed by atoms with van der Waals surface area (Å²) in [5, 5.41) is 0. The number of halogens is 2. The van der Waals surface area contributed by atoms with Crippen LogP contribution in [0.4, 0.5) is 0 Å². The predicted molar refractivity (Wildman–Crippen MR) is 85.1 cm³/mol. The Hall–Kier alpha value is -1.34. The zero-order chi connectivity index (χ0) is 13.9. The molecule has 0 saturated heterocycles. The Morgan fingerprint density at radius 1 is 0.652 bits per heavy atom. The molecule has 2 aromatic rings. The number of allylic oxidation sites excluding steroid dienone is 2. The van der Waals surface area contributed by atoms with Crippen LogP contribution in [0.1, 0.15) is 47.9 Å². The molecule has 4 rings (SSSR count). The summed E-state index contributed by atoms with van der Waals surface area (Å²) in [7, 11) is 0. The number of rotatable bonds is 0. The molecule has 0 spiro atoms. The summed E-state index contributed by atoms with van der Waals surface area (Å²) in [6.45, 7) is 4.34. The molecule has 2 atom stereocenters. The third-order valence-corrected chi connectivity index (χ3v) is 3.90. The van der Waals surface area contributed by atoms with Gasteiger partial charge in [-0.2, -0.15) is 11.1 Å². The van der Waals surface area contributed by atoms with Crippen LogP contribution < -0.4 is 9.41 Å². The van der Waals surface area contributed by atoms with Gasteiger partial charge < -0.3 is 9.41 Å². The minimum atomic E-state index is 0. The van der Waals surface area contributed by atoms with Crippen molar-refractivity contribution in [3.05, 3.63) is 82.9 Å². The van der Waals surface area contributed by atoms with Crippen molar-refractivity contribution in [3.8, 4) is 0 Å². The van der Waals surface area contributed by atoms with Crippen molar-refractivity contribution in [2.45, 2.75) is 25.7 Å². The van der Waals surface area contributed by atoms with E-state index >= 15 is 0 Å². The van der Waals surface area contributed by atoms with Gasteiger partial charge in [0, 0.05) is 0 Å². The second-order valence-corrected chi connectivity index (χ2v) is 5.32. The molecule has 116 valence electrons. The maximum atomic E-state index is 3.26. The molecule has 0 aromatic heterocycles. The molecule has 2 aromatic carbocycles. The minimum absolute atomic E-state index is 0. The van der Waals surface area contributed by atoms with Crippen molar-refractivity contribution in [1.29, 1.82) is 0 Å². The fraction of sp³-hybridized carbons (Fsp3) is 0.200. The fourth-order valence-electron chi connectivity index (χ4n) is 2.68. The Bertz CT molecular complexity index is 617. The van der Waals surface area contributed by atoms with Gasteiger partial charge >= 0.3 is 26.2 Å². The van der Waals surface area contributed by atoms with Gasteiger partial charge in [-0.1, -0.05) is 62.1 Å². The first-order chi connectivity index (χ1) is 9.75. The number of benzene rings is 2. The van der Waals surface area contributed by atoms with E-state index in [1.807, 2.05) is 0 Å². The second kappa shape index (κ2) is 9.72. The summed E-state index contributed by atoms with van der Waals surface area (Å²) < 4.78 is 0. The van der Waals surface area contributed by atoms with E-state index < -0.39 is 0 Å². The van der Waals surface area contributed by atoms with Gasteiger partial charge in [-0.05, 0) is 0 Å². The summed E-state index contributed by atoms with van der Waals surface area (Å²) in [5.41, 5.74) is 5.47. The first kappa shape index (κ1) is 21.7. The van der Waals surface area contributed by atoms with Crippen LogP contribution in [0.3, 0.4) is 0 Å². The van der Waals surface area contributed by atoms with Gasteiger partial charge in [0.25, 0.3) is 0 Å². The van der Waals surface area contributed by atoms with E-state index in [1.165, 1.54) is 22.3 Å². The third-order valence-electron chi connectivity index (χ3n) is 3.90. The summed E-state index contributed by atoms with van der Waals surface area (Å²) in [6, 6.07) is 16.9. The van der Waals surface area contributed by atoms with Gasteiger partial charge in [-0.15, -0.1) is 23.3 Å². The van der Waals surface area contributed by atoms with E-state index in [-0.39, 0.29) is 35.6 Å². The number of hydrogen-bond acceptors (Lipinski definition) is 0. The Morgan fingerprint density at radius 2 is 1.00 bits per heavy atom. The molecule has 0 N–H and O–H groups in total. The van der Waals surface area contributed by atoms with Crippen LogP contribution in [-0.4, -0.2) is 0 Å². The van der Waals surface area contributed by atoms with Crippen molar-refractivity contribution >= 4 is 12.2 Å². The van der Waals surface area contributed by atoms with E-state index in [9.17, 15) is 0 Å². The Morgan fingerprint density at radius 3 is 1.35 bits per heavy atom. The Kier molecular flexibility index (Phi) is 9.16. The molecule has 0 saturated carbocycles. The molecule has 2 aliphatic carbocycles. The minimum Gasteiger partial charge on any atom is -1.00 e. The maximum absolute atomic E-state index is 3.26. The van der Waals surface area contributed by atoms with Gasteiger partial charge in [0.15, 0.2) is 0 Å². The van der Waals surface area contributed by atoms with Crippen molar-refractivity contribution < 1.29 is 35.6 Å². The van der Waals surface area contributed by atoms with Crippen LogP contribution >= 0.6 is 0 Å². The van der Waals surface area contributed by atoms with E-state index in [1.54, 1.807) is 0 Å². The molecule has 3 heteroatoms. The zero-order valence-corrected chi connectivity index (χ0v) is 15.6. The molecule has 0 aliphatic heterocycles. The van der Waals surface area contributed by atoms with Crippen LogP contribution in [-0.2, 0) is 26.2 Å². The van der Waals surface area contributed by atoms with Gasteiger partial charge in [-0.3, -0.25) is 12.2 Å². The molecule has 23 heavy (non-hydrogen) atoms. The summed E-state index contributed by atoms with van der Waals surface area (Å²) in [4.78, 5) is 0. The smallest absolute Gasteiger partial charge is 1.00 e. The van der Waals surface area contributed by atoms with Crippen molar-refractivity contribution in [2.24, 2.45) is 0 Å². The summed E-state index contributed by atoms with van der Waals surface area (Å²) in [5.74, 6) is 0.993. The normalized spacial score (nSPS) is 18.3. The third kappa shape index (κ3) is 4.81. The predicted octanol–water partition coefficient (Wildman–Crippen LogP) is -0.754. The SMILES string of the molecule is CC1[C-]=Cc2ccccc21.CC1[C-]=Cc2ccccc21.[F-].[F-].[Zr+4]. The van der Waals surface area contributed by atoms with Gasteiger partial charge in [0.2, 0.25) is 0 Å². The molecule has 0 radical (unpaired) electrons. The van der Waals surface area contributed by atoms with Gasteiger partial charge in [0.1, 0.15) is 0 Å². The number of fused-ring (bicyclic) bond motifs is 2. The summed E-state index contributed by atoms with van der Waals surface area (Å²) in [6.07, 6.45) is 10.7. The topological polar surface area (TPSA) is 0 Å². The Labute approximate surface area is 156 Å². The number of hydrogen-bond donors (Lipinski definition) is 0. The van der Waals surface area contributed by atoms with Crippen LogP contribution in [0, 0.1) is 12.2 Å². The molecule has 0 bridgehead atoms. The molecule has 0 nitrogen and oxygen atoms in total. The molecule has 0 heterocycles. The Balaban J connectivity index is 0.000000372. The van der Waals surface area contributed by atoms with E-state index in [0.29, 0.717) is 11.8 Å². The molecule has 0 amide bonds. The average Bonchev–Trinajstić information content (AvgIpc) is 3.05. The molecule has 0 fully saturated rings. The maximum Gasteiger partial charge on any atom is 4.00 e. The molecule has 2 unspecified atom stereocenters. The first-order valence-electron chi connectivity index (χ1n) is 7.12. The van der Waals surface area contributed by atoms with E-state index in [4.69, 9.17) is 0 Å². The fourth-order valence-corrected chi connectivity index (χ4v) is 2.68.